The van der Waals surface area contributed by atoms with E-state index in [1.165, 1.54) is 25.3 Å². The van der Waals surface area contributed by atoms with Crippen LogP contribution in [-0.4, -0.2) is 23.2 Å². The first-order valence-electron chi connectivity index (χ1n) is 3.85. The summed E-state index contributed by atoms with van der Waals surface area (Å²) in [7, 11) is 1.35. The number of halogens is 2. The first-order valence-corrected chi connectivity index (χ1v) is 4.61. The topological polar surface area (TPSA) is 43.4 Å². The second-order valence-electron chi connectivity index (χ2n) is 2.87. The van der Waals surface area contributed by atoms with Gasteiger partial charge in [0.25, 0.3) is 5.24 Å². The zero-order valence-electron chi connectivity index (χ0n) is 7.42. The Morgan fingerprint density at radius 3 is 2.57 bits per heavy atom. The molecule has 0 saturated heterocycles. The Kier molecular flexibility index (Phi) is 3.48. The summed E-state index contributed by atoms with van der Waals surface area (Å²) in [6, 6.07) is 0. The van der Waals surface area contributed by atoms with Gasteiger partial charge < -0.3 is 4.74 Å². The van der Waals surface area contributed by atoms with Crippen molar-refractivity contribution in [3.8, 4) is 0 Å². The third kappa shape index (κ3) is 2.05. The van der Waals surface area contributed by atoms with Gasteiger partial charge in [-0.2, -0.15) is 0 Å². The van der Waals surface area contributed by atoms with Crippen molar-refractivity contribution in [2.75, 3.05) is 7.11 Å². The standard InChI is InChI=1S/C9H8Cl2O3/c1-14-9(8(11)13)4-2-3-6(5-9)7(10)12/h2-4H,5H2,1H3. The number of ether oxygens (including phenoxy) is 1. The summed E-state index contributed by atoms with van der Waals surface area (Å²) in [6.45, 7) is 0. The van der Waals surface area contributed by atoms with E-state index in [9.17, 15) is 9.59 Å². The maximum Gasteiger partial charge on any atom is 0.257 e. The highest BCUT2D eigenvalue weighted by Gasteiger charge is 2.38. The number of hydrogen-bond donors (Lipinski definition) is 0. The van der Waals surface area contributed by atoms with Gasteiger partial charge in [0.2, 0.25) is 5.24 Å². The molecule has 1 unspecified atom stereocenters. The maximum atomic E-state index is 11.1. The number of allylic oxidation sites excluding steroid dienone is 2. The zero-order valence-corrected chi connectivity index (χ0v) is 8.93. The molecule has 5 heteroatoms. The summed E-state index contributed by atoms with van der Waals surface area (Å²) in [4.78, 5) is 22.0. The average molecular weight is 235 g/mol. The van der Waals surface area contributed by atoms with E-state index in [2.05, 4.69) is 0 Å². The van der Waals surface area contributed by atoms with Crippen molar-refractivity contribution in [3.63, 3.8) is 0 Å². The van der Waals surface area contributed by atoms with Crippen LogP contribution >= 0.6 is 23.2 Å². The third-order valence-corrected chi connectivity index (χ3v) is 2.63. The lowest BCUT2D eigenvalue weighted by atomic mass is 9.91. The Morgan fingerprint density at radius 2 is 2.14 bits per heavy atom. The number of carbonyl (C=O) groups excluding carboxylic acids is 2. The Morgan fingerprint density at radius 1 is 1.50 bits per heavy atom. The SMILES string of the molecule is COC1(C(=O)Cl)C=CC=C(C(=O)Cl)C1. The van der Waals surface area contributed by atoms with Crippen molar-refractivity contribution in [2.24, 2.45) is 0 Å². The van der Waals surface area contributed by atoms with Crippen LogP contribution in [-0.2, 0) is 14.3 Å². The summed E-state index contributed by atoms with van der Waals surface area (Å²) in [6.07, 6.45) is 4.64. The van der Waals surface area contributed by atoms with Gasteiger partial charge in [0.15, 0.2) is 5.60 Å². The summed E-state index contributed by atoms with van der Waals surface area (Å²) in [5.74, 6) is 0. The molecule has 0 spiro atoms. The van der Waals surface area contributed by atoms with Crippen LogP contribution in [0.1, 0.15) is 6.42 Å². The highest BCUT2D eigenvalue weighted by atomic mass is 35.5. The second-order valence-corrected chi connectivity index (χ2v) is 3.56. The van der Waals surface area contributed by atoms with Gasteiger partial charge in [-0.3, -0.25) is 9.59 Å². The first-order chi connectivity index (χ1) is 6.52. The van der Waals surface area contributed by atoms with E-state index in [1.54, 1.807) is 0 Å². The Bertz CT molecular complexity index is 333. The van der Waals surface area contributed by atoms with Crippen LogP contribution in [0.3, 0.4) is 0 Å². The van der Waals surface area contributed by atoms with E-state index in [0.29, 0.717) is 5.57 Å². The van der Waals surface area contributed by atoms with Gasteiger partial charge in [0, 0.05) is 19.1 Å². The van der Waals surface area contributed by atoms with Crippen LogP contribution < -0.4 is 0 Å². The average Bonchev–Trinajstić information content (AvgIpc) is 2.17. The molecule has 0 aromatic carbocycles. The molecule has 0 aromatic heterocycles. The molecule has 0 bridgehead atoms. The normalized spacial score (nSPS) is 25.8. The minimum absolute atomic E-state index is 0.0741. The Hall–Kier alpha value is -0.640. The van der Waals surface area contributed by atoms with Crippen LogP contribution in [0.5, 0.6) is 0 Å². The fourth-order valence-corrected chi connectivity index (χ4v) is 1.55. The summed E-state index contributed by atoms with van der Waals surface area (Å²) in [5, 5.41) is -1.27. The summed E-state index contributed by atoms with van der Waals surface area (Å²) >= 11 is 10.7. The van der Waals surface area contributed by atoms with E-state index in [0.717, 1.165) is 0 Å². The lowest BCUT2D eigenvalue weighted by molar-refractivity contribution is -0.127. The van der Waals surface area contributed by atoms with Gasteiger partial charge in [-0.15, -0.1) is 0 Å². The van der Waals surface area contributed by atoms with Crippen LogP contribution in [0, 0.1) is 0 Å². The van der Waals surface area contributed by atoms with Gasteiger partial charge >= 0.3 is 0 Å². The highest BCUT2D eigenvalue weighted by Crippen LogP contribution is 2.29. The van der Waals surface area contributed by atoms with Crippen LogP contribution in [0.2, 0.25) is 0 Å². The van der Waals surface area contributed by atoms with Crippen molar-refractivity contribution >= 4 is 33.7 Å². The molecule has 0 saturated carbocycles. The molecule has 76 valence electrons. The van der Waals surface area contributed by atoms with Gasteiger partial charge in [0.1, 0.15) is 0 Å². The molecule has 0 radical (unpaired) electrons. The van der Waals surface area contributed by atoms with Gasteiger partial charge in [-0.25, -0.2) is 0 Å². The maximum absolute atomic E-state index is 11.1. The predicted molar refractivity (Wildman–Crippen MR) is 53.3 cm³/mol. The van der Waals surface area contributed by atoms with Crippen LogP contribution in [0.15, 0.2) is 23.8 Å². The van der Waals surface area contributed by atoms with Gasteiger partial charge in [-0.05, 0) is 29.3 Å². The molecule has 14 heavy (non-hydrogen) atoms. The van der Waals surface area contributed by atoms with E-state index in [4.69, 9.17) is 27.9 Å². The van der Waals surface area contributed by atoms with Crippen molar-refractivity contribution in [2.45, 2.75) is 12.0 Å². The zero-order chi connectivity index (χ0) is 10.8. The molecular formula is C9H8Cl2O3. The lowest BCUT2D eigenvalue weighted by Gasteiger charge is -2.27. The quantitative estimate of drug-likeness (QED) is 0.700. The second kappa shape index (κ2) is 4.26. The van der Waals surface area contributed by atoms with Crippen molar-refractivity contribution in [3.05, 3.63) is 23.8 Å². The van der Waals surface area contributed by atoms with Crippen molar-refractivity contribution < 1.29 is 14.3 Å². The minimum Gasteiger partial charge on any atom is -0.365 e. The van der Waals surface area contributed by atoms with E-state index in [-0.39, 0.29) is 6.42 Å². The Labute approximate surface area is 91.3 Å². The van der Waals surface area contributed by atoms with Crippen LogP contribution in [0.4, 0.5) is 0 Å². The molecule has 0 heterocycles. The van der Waals surface area contributed by atoms with E-state index < -0.39 is 16.1 Å². The van der Waals surface area contributed by atoms with Gasteiger partial charge in [-0.1, -0.05) is 12.2 Å². The molecule has 1 atom stereocenters. The summed E-state index contributed by atoms with van der Waals surface area (Å²) in [5.41, 5.74) is -0.944. The molecule has 0 amide bonds. The molecule has 0 aromatic rings. The monoisotopic (exact) mass is 234 g/mol. The minimum atomic E-state index is -1.25. The molecule has 1 aliphatic carbocycles. The molecule has 0 fully saturated rings. The molecule has 1 rings (SSSR count). The van der Waals surface area contributed by atoms with Crippen LogP contribution in [0.25, 0.3) is 0 Å². The van der Waals surface area contributed by atoms with Crippen molar-refractivity contribution in [1.82, 2.24) is 0 Å². The molecule has 0 N–H and O–H groups in total. The number of methoxy groups -OCH3 is 1. The molecular weight excluding hydrogens is 227 g/mol. The largest absolute Gasteiger partial charge is 0.365 e. The predicted octanol–water partition coefficient (Wildman–Crippen LogP) is 1.79. The molecule has 0 aliphatic heterocycles. The highest BCUT2D eigenvalue weighted by molar-refractivity contribution is 6.68. The Balaban J connectivity index is 2.98. The molecule has 1 aliphatic rings. The van der Waals surface area contributed by atoms with Crippen molar-refractivity contribution in [1.29, 1.82) is 0 Å². The third-order valence-electron chi connectivity index (χ3n) is 2.07. The smallest absolute Gasteiger partial charge is 0.257 e. The lowest BCUT2D eigenvalue weighted by Crippen LogP contribution is -2.38. The summed E-state index contributed by atoms with van der Waals surface area (Å²) < 4.78 is 5.00. The van der Waals surface area contributed by atoms with E-state index in [1.807, 2.05) is 0 Å². The number of hydrogen-bond acceptors (Lipinski definition) is 3. The van der Waals surface area contributed by atoms with E-state index >= 15 is 0 Å². The fraction of sp³-hybridized carbons (Fsp3) is 0.333. The number of rotatable bonds is 3. The number of carbonyl (C=O) groups is 2. The molecule has 3 nitrogen and oxygen atoms in total. The fourth-order valence-electron chi connectivity index (χ4n) is 1.21. The van der Waals surface area contributed by atoms with Gasteiger partial charge in [0.05, 0.1) is 0 Å². The first kappa shape index (κ1) is 11.4.